The number of nitrogens with zero attached hydrogens (tertiary/aromatic N) is 1. The SMILES string of the molecule is O=C(OC1(OC(=O)C(F)(F)F)CNCc2ccc(-c3ccccc3Cl)nc2O1)C(F)(F)F. The lowest BCUT2D eigenvalue weighted by atomic mass is 10.1. The Morgan fingerprint density at radius 1 is 1.00 bits per heavy atom. The summed E-state index contributed by atoms with van der Waals surface area (Å²) in [6.07, 6.45) is -11.2. The van der Waals surface area contributed by atoms with Gasteiger partial charge in [0.1, 0.15) is 6.54 Å². The maximum atomic E-state index is 12.7. The number of aromatic nitrogens is 1. The predicted molar refractivity (Wildman–Crippen MR) is 94.0 cm³/mol. The summed E-state index contributed by atoms with van der Waals surface area (Å²) in [5.41, 5.74) is 0.659. The van der Waals surface area contributed by atoms with Gasteiger partial charge in [0.05, 0.1) is 5.69 Å². The second-order valence-electron chi connectivity index (χ2n) is 6.30. The molecule has 2 heterocycles. The first-order valence-electron chi connectivity index (χ1n) is 8.56. The van der Waals surface area contributed by atoms with Gasteiger partial charge >= 0.3 is 30.3 Å². The molecule has 2 aromatic rings. The summed E-state index contributed by atoms with van der Waals surface area (Å²) in [6.45, 7) is -1.24. The van der Waals surface area contributed by atoms with Gasteiger partial charge in [0.2, 0.25) is 5.88 Å². The van der Waals surface area contributed by atoms with Gasteiger partial charge in [-0.3, -0.25) is 0 Å². The van der Waals surface area contributed by atoms with Crippen molar-refractivity contribution >= 4 is 23.5 Å². The summed E-state index contributed by atoms with van der Waals surface area (Å²) in [4.78, 5) is 26.8. The van der Waals surface area contributed by atoms with E-state index in [1.807, 2.05) is 0 Å². The molecule has 32 heavy (non-hydrogen) atoms. The first-order chi connectivity index (χ1) is 14.8. The Balaban J connectivity index is 2.04. The first-order valence-corrected chi connectivity index (χ1v) is 8.93. The van der Waals surface area contributed by atoms with E-state index in [4.69, 9.17) is 16.3 Å². The molecule has 172 valence electrons. The number of hydrogen-bond donors (Lipinski definition) is 1. The normalized spacial score (nSPS) is 15.7. The average Bonchev–Trinajstić information content (AvgIpc) is 2.85. The lowest BCUT2D eigenvalue weighted by Gasteiger charge is -2.31. The molecule has 0 bridgehead atoms. The molecule has 1 aliphatic heterocycles. The third-order valence-electron chi connectivity index (χ3n) is 3.96. The number of carbonyl (C=O) groups excluding carboxylic acids is 2. The van der Waals surface area contributed by atoms with Crippen molar-refractivity contribution in [2.45, 2.75) is 24.9 Å². The van der Waals surface area contributed by atoms with Crippen LogP contribution in [0.2, 0.25) is 5.02 Å². The van der Waals surface area contributed by atoms with Crippen molar-refractivity contribution in [2.24, 2.45) is 0 Å². The van der Waals surface area contributed by atoms with Crippen molar-refractivity contribution in [2.75, 3.05) is 6.54 Å². The summed E-state index contributed by atoms with van der Waals surface area (Å²) in [5, 5.41) is 2.64. The third kappa shape index (κ3) is 5.22. The quantitative estimate of drug-likeness (QED) is 0.403. The van der Waals surface area contributed by atoms with Crippen LogP contribution in [0, 0.1) is 0 Å². The van der Waals surface area contributed by atoms with Gasteiger partial charge in [-0.25, -0.2) is 14.6 Å². The van der Waals surface area contributed by atoms with Crippen molar-refractivity contribution in [1.29, 1.82) is 0 Å². The molecule has 14 heteroatoms. The predicted octanol–water partition coefficient (Wildman–Crippen LogP) is 3.75. The number of esters is 2. The molecule has 7 nitrogen and oxygen atoms in total. The van der Waals surface area contributed by atoms with Crippen LogP contribution in [0.5, 0.6) is 5.88 Å². The zero-order valence-corrected chi connectivity index (χ0v) is 16.3. The first kappa shape index (κ1) is 23.6. The number of ether oxygens (including phenoxy) is 3. The zero-order valence-electron chi connectivity index (χ0n) is 15.5. The minimum absolute atomic E-state index is 0.134. The molecule has 0 unspecified atom stereocenters. The Morgan fingerprint density at radius 2 is 1.59 bits per heavy atom. The van der Waals surface area contributed by atoms with Crippen molar-refractivity contribution in [1.82, 2.24) is 10.3 Å². The summed E-state index contributed by atoms with van der Waals surface area (Å²) >= 11 is 6.09. The molecule has 1 aliphatic rings. The Morgan fingerprint density at radius 3 is 2.16 bits per heavy atom. The van der Waals surface area contributed by atoms with Crippen LogP contribution in [0.25, 0.3) is 11.3 Å². The topological polar surface area (TPSA) is 86.8 Å². The van der Waals surface area contributed by atoms with Gasteiger partial charge in [-0.05, 0) is 12.1 Å². The monoisotopic (exact) mass is 484 g/mol. The molecule has 0 fully saturated rings. The number of halogens is 7. The van der Waals surface area contributed by atoms with Gasteiger partial charge in [-0.15, -0.1) is 0 Å². The maximum Gasteiger partial charge on any atom is 0.491 e. The highest BCUT2D eigenvalue weighted by molar-refractivity contribution is 6.33. The molecule has 0 aliphatic carbocycles. The van der Waals surface area contributed by atoms with Gasteiger partial charge in [0.15, 0.2) is 0 Å². The smallest absolute Gasteiger partial charge is 0.401 e. The highest BCUT2D eigenvalue weighted by Gasteiger charge is 2.55. The van der Waals surface area contributed by atoms with E-state index in [2.05, 4.69) is 19.8 Å². The van der Waals surface area contributed by atoms with Crippen LogP contribution in [0.3, 0.4) is 0 Å². The number of nitrogens with one attached hydrogen (secondary N) is 1. The lowest BCUT2D eigenvalue weighted by Crippen LogP contribution is -2.55. The Bertz CT molecular complexity index is 1020. The second-order valence-corrected chi connectivity index (χ2v) is 6.71. The molecular formula is C18H11ClF6N2O5. The standard InChI is InChI=1S/C18H11ClF6N2O5/c19-11-4-2-1-3-10(11)12-6-5-9-7-26-8-16(30-13(9)27-12,31-14(28)17(20,21)22)32-15(29)18(23,24)25/h1-6,26H,7-8H2. The van der Waals surface area contributed by atoms with E-state index < -0.39 is 42.7 Å². The molecule has 0 spiro atoms. The fourth-order valence-corrected chi connectivity index (χ4v) is 2.81. The van der Waals surface area contributed by atoms with Crippen molar-refractivity contribution in [3.63, 3.8) is 0 Å². The largest absolute Gasteiger partial charge is 0.491 e. The number of alkyl halides is 6. The van der Waals surface area contributed by atoms with Gasteiger partial charge in [0.25, 0.3) is 0 Å². The number of fused-ring (bicyclic) bond motifs is 1. The van der Waals surface area contributed by atoms with Crippen LogP contribution in [0.4, 0.5) is 26.3 Å². The molecule has 0 saturated heterocycles. The summed E-state index contributed by atoms with van der Waals surface area (Å²) in [6, 6.07) is 9.17. The van der Waals surface area contributed by atoms with Gasteiger partial charge < -0.3 is 19.5 Å². The van der Waals surface area contributed by atoms with E-state index in [0.29, 0.717) is 5.56 Å². The molecule has 1 aromatic heterocycles. The Labute approximate surface area is 180 Å². The lowest BCUT2D eigenvalue weighted by molar-refractivity contribution is -0.331. The van der Waals surface area contributed by atoms with Crippen LogP contribution >= 0.6 is 11.6 Å². The molecule has 0 radical (unpaired) electrons. The molecule has 0 atom stereocenters. The highest BCUT2D eigenvalue weighted by atomic mass is 35.5. The van der Waals surface area contributed by atoms with Gasteiger partial charge in [-0.2, -0.15) is 26.3 Å². The molecule has 1 aromatic carbocycles. The van der Waals surface area contributed by atoms with Crippen molar-refractivity contribution in [3.8, 4) is 17.1 Å². The number of benzene rings is 1. The van der Waals surface area contributed by atoms with E-state index in [9.17, 15) is 35.9 Å². The van der Waals surface area contributed by atoms with E-state index in [-0.39, 0.29) is 22.8 Å². The highest BCUT2D eigenvalue weighted by Crippen LogP contribution is 2.34. The van der Waals surface area contributed by atoms with Gasteiger partial charge in [-0.1, -0.05) is 35.9 Å². The zero-order chi connectivity index (χ0) is 23.7. The van der Waals surface area contributed by atoms with E-state index >= 15 is 0 Å². The number of pyridine rings is 1. The fraction of sp³-hybridized carbons (Fsp3) is 0.278. The second kappa shape index (κ2) is 8.47. The average molecular weight is 485 g/mol. The van der Waals surface area contributed by atoms with Crippen LogP contribution < -0.4 is 10.1 Å². The van der Waals surface area contributed by atoms with E-state index in [1.165, 1.54) is 18.2 Å². The summed E-state index contributed by atoms with van der Waals surface area (Å²) < 4.78 is 89.6. The molecule has 0 amide bonds. The maximum absolute atomic E-state index is 12.7. The van der Waals surface area contributed by atoms with Crippen molar-refractivity contribution in [3.05, 3.63) is 47.0 Å². The van der Waals surface area contributed by atoms with Crippen molar-refractivity contribution < 1.29 is 50.1 Å². The minimum atomic E-state index is -5.62. The summed E-state index contributed by atoms with van der Waals surface area (Å²) in [7, 11) is 0. The van der Waals surface area contributed by atoms with Crippen LogP contribution in [-0.4, -0.2) is 41.8 Å². The summed E-state index contributed by atoms with van der Waals surface area (Å²) in [5.74, 6) is -9.88. The molecule has 1 N–H and O–H groups in total. The molecule has 3 rings (SSSR count). The number of hydrogen-bond acceptors (Lipinski definition) is 7. The number of rotatable bonds is 3. The van der Waals surface area contributed by atoms with Crippen LogP contribution in [-0.2, 0) is 25.6 Å². The molecular weight excluding hydrogens is 474 g/mol. The fourth-order valence-electron chi connectivity index (χ4n) is 2.58. The molecule has 0 saturated carbocycles. The third-order valence-corrected chi connectivity index (χ3v) is 4.29. The number of carbonyl (C=O) groups is 2. The Kier molecular flexibility index (Phi) is 6.24. The minimum Gasteiger partial charge on any atom is -0.401 e. The van der Waals surface area contributed by atoms with E-state index in [0.717, 1.165) is 0 Å². The van der Waals surface area contributed by atoms with Gasteiger partial charge in [0, 0.05) is 22.7 Å². The Hall–Kier alpha value is -3.06. The van der Waals surface area contributed by atoms with Crippen LogP contribution in [0.15, 0.2) is 36.4 Å². The van der Waals surface area contributed by atoms with Crippen LogP contribution in [0.1, 0.15) is 5.56 Å². The van der Waals surface area contributed by atoms with E-state index in [1.54, 1.807) is 18.2 Å².